The maximum atomic E-state index is 11.0. The van der Waals surface area contributed by atoms with Crippen molar-refractivity contribution in [3.63, 3.8) is 0 Å². The molecule has 0 N–H and O–H groups in total. The Balaban J connectivity index is 2.80. The molecule has 0 radical (unpaired) electrons. The molecule has 0 unspecified atom stereocenters. The summed E-state index contributed by atoms with van der Waals surface area (Å²) in [6.45, 7) is 12.9. The Kier molecular flexibility index (Phi) is 3.29. The van der Waals surface area contributed by atoms with Crippen LogP contribution >= 0.6 is 22.9 Å². The van der Waals surface area contributed by atoms with Gasteiger partial charge in [-0.3, -0.25) is 4.79 Å². The van der Waals surface area contributed by atoms with Gasteiger partial charge in [-0.2, -0.15) is 0 Å². The molecule has 0 saturated heterocycles. The molecule has 0 amide bonds. The molecule has 2 aromatic rings. The van der Waals surface area contributed by atoms with Crippen LogP contribution in [0, 0.1) is 27.3 Å². The number of carbonyl (C=O) groups is 1. The van der Waals surface area contributed by atoms with E-state index in [0.717, 1.165) is 27.6 Å². The molecule has 0 aromatic carbocycles. The first kappa shape index (κ1) is 12.9. The monoisotopic (exact) mass is 278 g/mol. The van der Waals surface area contributed by atoms with E-state index in [1.807, 2.05) is 31.4 Å². The van der Waals surface area contributed by atoms with Crippen LogP contribution in [0.3, 0.4) is 0 Å². The summed E-state index contributed by atoms with van der Waals surface area (Å²) in [5.41, 5.74) is 2.66. The lowest BCUT2D eigenvalue weighted by Crippen LogP contribution is -1.97. The second kappa shape index (κ2) is 4.60. The van der Waals surface area contributed by atoms with Crippen molar-refractivity contribution < 1.29 is 4.79 Å². The fourth-order valence-electron chi connectivity index (χ4n) is 1.99. The quantitative estimate of drug-likeness (QED) is 0.587. The second-order valence-electron chi connectivity index (χ2n) is 4.01. The number of thiophene rings is 1. The first-order valence-corrected chi connectivity index (χ1v) is 6.51. The summed E-state index contributed by atoms with van der Waals surface area (Å²) in [7, 11) is 0. The Labute approximate surface area is 114 Å². The SMILES string of the molecule is [C-]#[N+]c1cc(C)sc1-n1c(C)c(Cl)c(C=O)c1C. The molecular weight excluding hydrogens is 268 g/mol. The number of aryl methyl sites for hydroxylation is 1. The molecule has 18 heavy (non-hydrogen) atoms. The Hall–Kier alpha value is -1.57. The van der Waals surface area contributed by atoms with E-state index in [2.05, 4.69) is 4.85 Å². The van der Waals surface area contributed by atoms with Gasteiger partial charge in [-0.15, -0.1) is 11.3 Å². The fraction of sp³-hybridized carbons (Fsp3) is 0.231. The lowest BCUT2D eigenvalue weighted by Gasteiger charge is -2.07. The largest absolute Gasteiger partial charge is 0.317 e. The Morgan fingerprint density at radius 2 is 2.06 bits per heavy atom. The highest BCUT2D eigenvalue weighted by molar-refractivity contribution is 7.15. The van der Waals surface area contributed by atoms with Crippen LogP contribution in [-0.2, 0) is 0 Å². The van der Waals surface area contributed by atoms with Crippen molar-refractivity contribution in [1.82, 2.24) is 4.57 Å². The third-order valence-electron chi connectivity index (χ3n) is 2.87. The molecule has 2 heterocycles. The first-order valence-electron chi connectivity index (χ1n) is 5.32. The van der Waals surface area contributed by atoms with E-state index >= 15 is 0 Å². The zero-order valence-electron chi connectivity index (χ0n) is 10.2. The molecule has 0 aliphatic rings. The average Bonchev–Trinajstić information content (AvgIpc) is 2.79. The van der Waals surface area contributed by atoms with E-state index in [1.165, 1.54) is 11.3 Å². The summed E-state index contributed by atoms with van der Waals surface area (Å²) in [5.74, 6) is 0. The van der Waals surface area contributed by atoms with Crippen LogP contribution in [0.5, 0.6) is 0 Å². The molecule has 0 spiro atoms. The number of halogens is 1. The summed E-state index contributed by atoms with van der Waals surface area (Å²) >= 11 is 7.67. The molecule has 0 bridgehead atoms. The molecular formula is C13H11ClN2OS. The Morgan fingerprint density at radius 3 is 2.56 bits per heavy atom. The van der Waals surface area contributed by atoms with E-state index < -0.39 is 0 Å². The van der Waals surface area contributed by atoms with Crippen LogP contribution in [0.4, 0.5) is 5.69 Å². The predicted molar refractivity (Wildman–Crippen MR) is 74.5 cm³/mol. The predicted octanol–water partition coefficient (Wildman–Crippen LogP) is 4.48. The van der Waals surface area contributed by atoms with Gasteiger partial charge in [0.1, 0.15) is 5.00 Å². The standard InChI is InChI=1S/C13H11ClN2OS/c1-7-5-11(15-4)13(18-7)16-8(2)10(6-17)12(14)9(16)3/h5-6H,1-3H3. The molecule has 5 heteroatoms. The lowest BCUT2D eigenvalue weighted by atomic mass is 10.3. The van der Waals surface area contributed by atoms with Gasteiger partial charge >= 0.3 is 0 Å². The minimum absolute atomic E-state index is 0.462. The van der Waals surface area contributed by atoms with Crippen molar-refractivity contribution in [3.05, 3.63) is 44.3 Å². The molecule has 0 saturated carbocycles. The van der Waals surface area contributed by atoms with Gasteiger partial charge in [-0.1, -0.05) is 11.6 Å². The third kappa shape index (κ3) is 1.76. The van der Waals surface area contributed by atoms with Crippen LogP contribution in [0.1, 0.15) is 26.6 Å². The number of carbonyl (C=O) groups excluding carboxylic acids is 1. The van der Waals surface area contributed by atoms with Crippen LogP contribution in [-0.4, -0.2) is 10.9 Å². The van der Waals surface area contributed by atoms with Crippen molar-refractivity contribution in [2.45, 2.75) is 20.8 Å². The Morgan fingerprint density at radius 1 is 1.39 bits per heavy atom. The second-order valence-corrected chi connectivity index (χ2v) is 5.62. The number of rotatable bonds is 2. The molecule has 0 fully saturated rings. The van der Waals surface area contributed by atoms with Crippen LogP contribution in [0.25, 0.3) is 9.85 Å². The van der Waals surface area contributed by atoms with Gasteiger partial charge in [0, 0.05) is 11.4 Å². The average molecular weight is 279 g/mol. The van der Waals surface area contributed by atoms with E-state index in [-0.39, 0.29) is 0 Å². The molecule has 2 aromatic heterocycles. The van der Waals surface area contributed by atoms with E-state index in [1.54, 1.807) is 0 Å². The molecule has 3 nitrogen and oxygen atoms in total. The summed E-state index contributed by atoms with van der Waals surface area (Å²) in [4.78, 5) is 15.6. The molecule has 0 atom stereocenters. The molecule has 92 valence electrons. The lowest BCUT2D eigenvalue weighted by molar-refractivity contribution is 0.112. The zero-order chi connectivity index (χ0) is 13.4. The zero-order valence-corrected chi connectivity index (χ0v) is 11.8. The number of aromatic nitrogens is 1. The molecule has 0 aliphatic heterocycles. The minimum Gasteiger partial charge on any atom is -0.317 e. The van der Waals surface area contributed by atoms with E-state index in [4.69, 9.17) is 18.2 Å². The Bertz CT molecular complexity index is 676. The van der Waals surface area contributed by atoms with Gasteiger partial charge in [0.2, 0.25) is 5.69 Å². The van der Waals surface area contributed by atoms with Crippen molar-refractivity contribution in [1.29, 1.82) is 0 Å². The molecule has 2 rings (SSSR count). The normalized spacial score (nSPS) is 10.4. The topological polar surface area (TPSA) is 26.4 Å². The van der Waals surface area contributed by atoms with Gasteiger partial charge in [0.15, 0.2) is 6.29 Å². The van der Waals surface area contributed by atoms with Gasteiger partial charge in [-0.25, -0.2) is 4.85 Å². The summed E-state index contributed by atoms with van der Waals surface area (Å²) < 4.78 is 1.89. The van der Waals surface area contributed by atoms with Gasteiger partial charge in [0.25, 0.3) is 0 Å². The smallest absolute Gasteiger partial charge is 0.221 e. The van der Waals surface area contributed by atoms with Crippen molar-refractivity contribution in [2.24, 2.45) is 0 Å². The maximum Gasteiger partial charge on any atom is 0.221 e. The highest BCUT2D eigenvalue weighted by atomic mass is 35.5. The number of hydrogen-bond acceptors (Lipinski definition) is 2. The minimum atomic E-state index is 0.462. The number of nitrogens with zero attached hydrogens (tertiary/aromatic N) is 2. The highest BCUT2D eigenvalue weighted by Crippen LogP contribution is 2.38. The van der Waals surface area contributed by atoms with E-state index in [9.17, 15) is 4.79 Å². The number of hydrogen-bond donors (Lipinski definition) is 0. The van der Waals surface area contributed by atoms with Gasteiger partial charge in [-0.05, 0) is 31.7 Å². The van der Waals surface area contributed by atoms with Crippen molar-refractivity contribution >= 4 is 34.9 Å². The van der Waals surface area contributed by atoms with Crippen LogP contribution < -0.4 is 0 Å². The van der Waals surface area contributed by atoms with Gasteiger partial charge < -0.3 is 4.57 Å². The van der Waals surface area contributed by atoms with Crippen LogP contribution in [0.2, 0.25) is 5.02 Å². The highest BCUT2D eigenvalue weighted by Gasteiger charge is 2.20. The van der Waals surface area contributed by atoms with Crippen molar-refractivity contribution in [2.75, 3.05) is 0 Å². The van der Waals surface area contributed by atoms with E-state index in [0.29, 0.717) is 16.3 Å². The molecule has 0 aliphatic carbocycles. The first-order chi connectivity index (χ1) is 8.51. The summed E-state index contributed by atoms with van der Waals surface area (Å²) in [6, 6.07) is 1.85. The third-order valence-corrected chi connectivity index (χ3v) is 4.37. The summed E-state index contributed by atoms with van der Waals surface area (Å²) in [6.07, 6.45) is 0.763. The van der Waals surface area contributed by atoms with Gasteiger partial charge in [0.05, 0.1) is 17.2 Å². The van der Waals surface area contributed by atoms with Crippen molar-refractivity contribution in [3.8, 4) is 5.00 Å². The summed E-state index contributed by atoms with van der Waals surface area (Å²) in [5, 5.41) is 1.29. The fourth-order valence-corrected chi connectivity index (χ4v) is 3.31. The number of aldehydes is 1. The van der Waals surface area contributed by atoms with Crippen LogP contribution in [0.15, 0.2) is 6.07 Å². The maximum absolute atomic E-state index is 11.0.